The van der Waals surface area contributed by atoms with Crippen molar-refractivity contribution in [2.24, 2.45) is 0 Å². The molecule has 0 aromatic heterocycles. The maximum absolute atomic E-state index is 11.7. The Kier molecular flexibility index (Phi) is 4.39. The van der Waals surface area contributed by atoms with E-state index in [1.54, 1.807) is 24.3 Å². The Labute approximate surface area is 95.1 Å². The van der Waals surface area contributed by atoms with Crippen molar-refractivity contribution in [3.63, 3.8) is 0 Å². The zero-order chi connectivity index (χ0) is 12.0. The summed E-state index contributed by atoms with van der Waals surface area (Å²) < 4.78 is 5.04. The maximum atomic E-state index is 11.7. The van der Waals surface area contributed by atoms with E-state index in [2.05, 4.69) is 11.9 Å². The van der Waals surface area contributed by atoms with Gasteiger partial charge in [0.15, 0.2) is 0 Å². The lowest BCUT2D eigenvalue weighted by atomic mass is 10.1. The minimum Gasteiger partial charge on any atom is -0.497 e. The molecule has 0 saturated carbocycles. The number of hydrogen-bond acceptors (Lipinski definition) is 3. The molecule has 1 aromatic rings. The van der Waals surface area contributed by atoms with Crippen LogP contribution in [0, 0.1) is 0 Å². The van der Waals surface area contributed by atoms with Crippen LogP contribution in [0.2, 0.25) is 0 Å². The quantitative estimate of drug-likeness (QED) is 0.450. The van der Waals surface area contributed by atoms with Crippen LogP contribution in [0.4, 0.5) is 5.69 Å². The molecule has 4 heteroatoms. The van der Waals surface area contributed by atoms with E-state index >= 15 is 0 Å². The standard InChI is InChI=1S/C12H16N2O2/c1-3-4-5-14-12(15)9-6-10(13)8-11(7-9)16-2/h3,6-8H,1,4-5,13H2,2H3,(H,14,15). The van der Waals surface area contributed by atoms with Crippen LogP contribution in [0.5, 0.6) is 5.75 Å². The van der Waals surface area contributed by atoms with Gasteiger partial charge in [-0.2, -0.15) is 0 Å². The molecule has 3 N–H and O–H groups in total. The first kappa shape index (κ1) is 12.1. The predicted octanol–water partition coefficient (Wildman–Crippen LogP) is 1.58. The number of hydrogen-bond donors (Lipinski definition) is 2. The molecule has 0 unspecified atom stereocenters. The van der Waals surface area contributed by atoms with Crippen LogP contribution in [0.3, 0.4) is 0 Å². The Balaban J connectivity index is 2.74. The number of rotatable bonds is 5. The molecule has 0 fully saturated rings. The van der Waals surface area contributed by atoms with Crippen LogP contribution < -0.4 is 15.8 Å². The van der Waals surface area contributed by atoms with E-state index in [9.17, 15) is 4.79 Å². The van der Waals surface area contributed by atoms with E-state index in [1.807, 2.05) is 0 Å². The first-order chi connectivity index (χ1) is 7.67. The lowest BCUT2D eigenvalue weighted by Gasteiger charge is -2.07. The summed E-state index contributed by atoms with van der Waals surface area (Å²) in [5.74, 6) is 0.418. The number of nitrogens with one attached hydrogen (secondary N) is 1. The van der Waals surface area contributed by atoms with Gasteiger partial charge in [0.25, 0.3) is 5.91 Å². The minimum atomic E-state index is -0.160. The Hall–Kier alpha value is -1.97. The minimum absolute atomic E-state index is 0.160. The molecule has 86 valence electrons. The van der Waals surface area contributed by atoms with E-state index in [4.69, 9.17) is 10.5 Å². The van der Waals surface area contributed by atoms with Crippen molar-refractivity contribution in [2.45, 2.75) is 6.42 Å². The van der Waals surface area contributed by atoms with Gasteiger partial charge in [-0.3, -0.25) is 4.79 Å². The van der Waals surface area contributed by atoms with Crippen LogP contribution in [0.1, 0.15) is 16.8 Å². The molecule has 0 bridgehead atoms. The van der Waals surface area contributed by atoms with Gasteiger partial charge in [0.2, 0.25) is 0 Å². The van der Waals surface area contributed by atoms with Gasteiger partial charge in [-0.1, -0.05) is 6.08 Å². The number of carbonyl (C=O) groups is 1. The van der Waals surface area contributed by atoms with Crippen LogP contribution in [0.25, 0.3) is 0 Å². The molecule has 1 aromatic carbocycles. The zero-order valence-electron chi connectivity index (χ0n) is 9.32. The molecule has 0 aliphatic rings. The second kappa shape index (κ2) is 5.80. The van der Waals surface area contributed by atoms with Crippen molar-refractivity contribution in [1.82, 2.24) is 5.32 Å². The summed E-state index contributed by atoms with van der Waals surface area (Å²) in [7, 11) is 1.54. The molecule has 4 nitrogen and oxygen atoms in total. The third-order valence-corrected chi connectivity index (χ3v) is 2.06. The van der Waals surface area contributed by atoms with Gasteiger partial charge in [-0.15, -0.1) is 6.58 Å². The third kappa shape index (κ3) is 3.31. The fourth-order valence-corrected chi connectivity index (χ4v) is 1.26. The summed E-state index contributed by atoms with van der Waals surface area (Å²) in [5.41, 5.74) is 6.66. The predicted molar refractivity (Wildman–Crippen MR) is 64.6 cm³/mol. The van der Waals surface area contributed by atoms with Gasteiger partial charge in [-0.05, 0) is 18.6 Å². The molecule has 1 amide bonds. The first-order valence-electron chi connectivity index (χ1n) is 5.01. The topological polar surface area (TPSA) is 64.4 Å². The van der Waals surface area contributed by atoms with Crippen molar-refractivity contribution in [3.8, 4) is 5.75 Å². The van der Waals surface area contributed by atoms with Crippen molar-refractivity contribution in [1.29, 1.82) is 0 Å². The first-order valence-corrected chi connectivity index (χ1v) is 5.01. The molecular formula is C12H16N2O2. The molecule has 0 aliphatic heterocycles. The lowest BCUT2D eigenvalue weighted by molar-refractivity contribution is 0.0954. The Bertz CT molecular complexity index is 389. The maximum Gasteiger partial charge on any atom is 0.251 e. The van der Waals surface area contributed by atoms with E-state index in [-0.39, 0.29) is 5.91 Å². The molecule has 0 saturated heterocycles. The molecule has 0 heterocycles. The van der Waals surface area contributed by atoms with Gasteiger partial charge in [0, 0.05) is 23.9 Å². The van der Waals surface area contributed by atoms with Crippen LogP contribution in [0.15, 0.2) is 30.9 Å². The fourth-order valence-electron chi connectivity index (χ4n) is 1.26. The van der Waals surface area contributed by atoms with Crippen LogP contribution in [-0.2, 0) is 0 Å². The van der Waals surface area contributed by atoms with Crippen LogP contribution >= 0.6 is 0 Å². The summed E-state index contributed by atoms with van der Waals surface area (Å²) in [5, 5.41) is 2.76. The van der Waals surface area contributed by atoms with Crippen molar-refractivity contribution >= 4 is 11.6 Å². The largest absolute Gasteiger partial charge is 0.497 e. The number of ether oxygens (including phenoxy) is 1. The van der Waals surface area contributed by atoms with Gasteiger partial charge in [0.05, 0.1) is 7.11 Å². The fraction of sp³-hybridized carbons (Fsp3) is 0.250. The molecule has 1 rings (SSSR count). The highest BCUT2D eigenvalue weighted by atomic mass is 16.5. The van der Waals surface area contributed by atoms with E-state index < -0.39 is 0 Å². The summed E-state index contributed by atoms with van der Waals surface area (Å²) in [6.07, 6.45) is 2.49. The molecular weight excluding hydrogens is 204 g/mol. The van der Waals surface area contributed by atoms with Crippen molar-refractivity contribution in [3.05, 3.63) is 36.4 Å². The van der Waals surface area contributed by atoms with E-state index in [0.717, 1.165) is 6.42 Å². The lowest BCUT2D eigenvalue weighted by Crippen LogP contribution is -2.24. The number of anilines is 1. The summed E-state index contributed by atoms with van der Waals surface area (Å²) in [6, 6.07) is 4.94. The van der Waals surface area contributed by atoms with E-state index in [1.165, 1.54) is 7.11 Å². The Morgan fingerprint density at radius 3 is 2.94 bits per heavy atom. The monoisotopic (exact) mass is 220 g/mol. The average molecular weight is 220 g/mol. The Morgan fingerprint density at radius 2 is 2.31 bits per heavy atom. The zero-order valence-corrected chi connectivity index (χ0v) is 9.32. The summed E-state index contributed by atoms with van der Waals surface area (Å²) in [6.45, 7) is 4.15. The highest BCUT2D eigenvalue weighted by Crippen LogP contribution is 2.18. The number of benzene rings is 1. The van der Waals surface area contributed by atoms with E-state index in [0.29, 0.717) is 23.5 Å². The third-order valence-electron chi connectivity index (χ3n) is 2.06. The SMILES string of the molecule is C=CCCNC(=O)c1cc(N)cc(OC)c1. The molecule has 0 atom stereocenters. The van der Waals surface area contributed by atoms with Crippen molar-refractivity contribution < 1.29 is 9.53 Å². The van der Waals surface area contributed by atoms with Gasteiger partial charge >= 0.3 is 0 Å². The Morgan fingerprint density at radius 1 is 1.56 bits per heavy atom. The molecule has 16 heavy (non-hydrogen) atoms. The average Bonchev–Trinajstić information content (AvgIpc) is 2.28. The number of methoxy groups -OCH3 is 1. The van der Waals surface area contributed by atoms with Gasteiger partial charge in [0.1, 0.15) is 5.75 Å². The second-order valence-electron chi connectivity index (χ2n) is 3.33. The highest BCUT2D eigenvalue weighted by Gasteiger charge is 2.07. The summed E-state index contributed by atoms with van der Waals surface area (Å²) >= 11 is 0. The van der Waals surface area contributed by atoms with Gasteiger partial charge < -0.3 is 15.8 Å². The molecule has 0 radical (unpaired) electrons. The van der Waals surface area contributed by atoms with Gasteiger partial charge in [-0.25, -0.2) is 0 Å². The van der Waals surface area contributed by atoms with Crippen molar-refractivity contribution in [2.75, 3.05) is 19.4 Å². The number of carbonyl (C=O) groups excluding carboxylic acids is 1. The number of nitrogen functional groups attached to an aromatic ring is 1. The second-order valence-corrected chi connectivity index (χ2v) is 3.33. The van der Waals surface area contributed by atoms with Crippen LogP contribution in [-0.4, -0.2) is 19.6 Å². The molecule has 0 spiro atoms. The highest BCUT2D eigenvalue weighted by molar-refractivity contribution is 5.95. The summed E-state index contributed by atoms with van der Waals surface area (Å²) in [4.78, 5) is 11.7. The number of nitrogens with two attached hydrogens (primary N) is 1. The smallest absolute Gasteiger partial charge is 0.251 e. The molecule has 0 aliphatic carbocycles. The number of amides is 1. The normalized spacial score (nSPS) is 9.56.